The lowest BCUT2D eigenvalue weighted by Crippen LogP contribution is -2.28. The highest BCUT2D eigenvalue weighted by Gasteiger charge is 1.96. The molecule has 1 aromatic rings. The lowest BCUT2D eigenvalue weighted by atomic mass is 10.4. The van der Waals surface area contributed by atoms with E-state index in [0.717, 1.165) is 10.2 Å². The highest BCUT2D eigenvalue weighted by Crippen LogP contribution is 2.12. The third-order valence-electron chi connectivity index (χ3n) is 1.37. The summed E-state index contributed by atoms with van der Waals surface area (Å²) < 4.78 is 0.864. The minimum absolute atomic E-state index is 0.0556. The molecule has 1 rings (SSSR count). The molecule has 0 aromatic carbocycles. The van der Waals surface area contributed by atoms with E-state index in [1.54, 1.807) is 19.3 Å². The minimum atomic E-state index is -0.0556. The Labute approximate surface area is 84.8 Å². The number of nitrogens with one attached hydrogen (secondary N) is 2. The van der Waals surface area contributed by atoms with Crippen LogP contribution in [0.5, 0.6) is 0 Å². The molecule has 0 aliphatic rings. The monoisotopic (exact) mass is 243 g/mol. The van der Waals surface area contributed by atoms with Gasteiger partial charge in [0.1, 0.15) is 0 Å². The van der Waals surface area contributed by atoms with Crippen molar-refractivity contribution in [2.75, 3.05) is 5.43 Å². The number of carbonyl (C=O) groups excluding carboxylic acids is 1. The second-order valence-corrected chi connectivity index (χ2v) is 3.33. The molecule has 1 aromatic heterocycles. The molecule has 5 heteroatoms. The number of carbonyl (C=O) groups is 1. The van der Waals surface area contributed by atoms with Crippen LogP contribution in [0.4, 0.5) is 5.69 Å². The van der Waals surface area contributed by atoms with Crippen LogP contribution in [0.1, 0.15) is 13.3 Å². The zero-order chi connectivity index (χ0) is 9.68. The second kappa shape index (κ2) is 4.81. The first-order chi connectivity index (χ1) is 6.22. The first-order valence-corrected chi connectivity index (χ1v) is 4.67. The van der Waals surface area contributed by atoms with Gasteiger partial charge in [-0.25, -0.2) is 0 Å². The third kappa shape index (κ3) is 3.42. The van der Waals surface area contributed by atoms with Crippen LogP contribution in [-0.4, -0.2) is 10.9 Å². The standard InChI is InChI=1S/C8H10BrN3O/c1-2-8(13)12-11-7-3-6(9)4-10-5-7/h3-5,11H,2H2,1H3,(H,12,13). The smallest absolute Gasteiger partial charge is 0.238 e. The van der Waals surface area contributed by atoms with Gasteiger partial charge in [0.05, 0.1) is 11.9 Å². The molecule has 13 heavy (non-hydrogen) atoms. The topological polar surface area (TPSA) is 54.0 Å². The quantitative estimate of drug-likeness (QED) is 0.795. The van der Waals surface area contributed by atoms with Crippen molar-refractivity contribution in [1.29, 1.82) is 0 Å². The first kappa shape index (κ1) is 9.98. The van der Waals surface area contributed by atoms with E-state index in [1.165, 1.54) is 0 Å². The minimum Gasteiger partial charge on any atom is -0.297 e. The van der Waals surface area contributed by atoms with Crippen molar-refractivity contribution in [3.8, 4) is 0 Å². The van der Waals surface area contributed by atoms with Crippen molar-refractivity contribution >= 4 is 27.5 Å². The van der Waals surface area contributed by atoms with Crippen molar-refractivity contribution in [2.24, 2.45) is 0 Å². The van der Waals surface area contributed by atoms with Gasteiger partial charge in [-0.1, -0.05) is 6.92 Å². The largest absolute Gasteiger partial charge is 0.297 e. The number of aromatic nitrogens is 1. The van der Waals surface area contributed by atoms with Crippen LogP contribution < -0.4 is 10.9 Å². The summed E-state index contributed by atoms with van der Waals surface area (Å²) in [5.74, 6) is -0.0556. The molecule has 0 bridgehead atoms. The number of pyridine rings is 1. The number of hydrogen-bond acceptors (Lipinski definition) is 3. The van der Waals surface area contributed by atoms with E-state index in [9.17, 15) is 4.79 Å². The van der Waals surface area contributed by atoms with Crippen LogP contribution >= 0.6 is 15.9 Å². The fourth-order valence-electron chi connectivity index (χ4n) is 0.710. The molecular formula is C8H10BrN3O. The Morgan fingerprint density at radius 3 is 3.00 bits per heavy atom. The van der Waals surface area contributed by atoms with Gasteiger partial charge in [0.15, 0.2) is 0 Å². The average Bonchev–Trinajstić information content (AvgIpc) is 2.14. The lowest BCUT2D eigenvalue weighted by molar-refractivity contribution is -0.120. The molecule has 0 saturated carbocycles. The zero-order valence-electron chi connectivity index (χ0n) is 7.17. The Bertz CT molecular complexity index is 303. The molecule has 0 aliphatic carbocycles. The second-order valence-electron chi connectivity index (χ2n) is 2.42. The maximum Gasteiger partial charge on any atom is 0.238 e. The summed E-state index contributed by atoms with van der Waals surface area (Å²) in [6.07, 6.45) is 3.75. The van der Waals surface area contributed by atoms with Crippen molar-refractivity contribution in [3.05, 3.63) is 22.9 Å². The number of anilines is 1. The Hall–Kier alpha value is -1.10. The van der Waals surface area contributed by atoms with E-state index in [1.807, 2.05) is 6.07 Å². The van der Waals surface area contributed by atoms with Crippen molar-refractivity contribution < 1.29 is 4.79 Å². The lowest BCUT2D eigenvalue weighted by Gasteiger charge is -2.06. The predicted molar refractivity (Wildman–Crippen MR) is 54.0 cm³/mol. The zero-order valence-corrected chi connectivity index (χ0v) is 8.76. The summed E-state index contributed by atoms with van der Waals surface area (Å²) in [7, 11) is 0. The molecule has 1 heterocycles. The van der Waals surface area contributed by atoms with Crippen LogP contribution in [0.3, 0.4) is 0 Å². The summed E-state index contributed by atoms with van der Waals surface area (Å²) in [4.78, 5) is 14.8. The summed E-state index contributed by atoms with van der Waals surface area (Å²) in [5.41, 5.74) is 6.02. The van der Waals surface area contributed by atoms with Gasteiger partial charge in [-0.15, -0.1) is 0 Å². The summed E-state index contributed by atoms with van der Waals surface area (Å²) in [6, 6.07) is 1.82. The van der Waals surface area contributed by atoms with Gasteiger partial charge in [-0.2, -0.15) is 0 Å². The van der Waals surface area contributed by atoms with E-state index >= 15 is 0 Å². The number of amides is 1. The van der Waals surface area contributed by atoms with E-state index in [4.69, 9.17) is 0 Å². The van der Waals surface area contributed by atoms with Gasteiger partial charge in [0.25, 0.3) is 0 Å². The molecule has 0 fully saturated rings. The van der Waals surface area contributed by atoms with Crippen LogP contribution in [0, 0.1) is 0 Å². The molecule has 0 unspecified atom stereocenters. The van der Waals surface area contributed by atoms with Crippen LogP contribution in [0.25, 0.3) is 0 Å². The Morgan fingerprint density at radius 1 is 1.62 bits per heavy atom. The molecule has 0 radical (unpaired) electrons. The molecule has 1 amide bonds. The number of nitrogens with zero attached hydrogens (tertiary/aromatic N) is 1. The fraction of sp³-hybridized carbons (Fsp3) is 0.250. The van der Waals surface area contributed by atoms with Gasteiger partial charge >= 0.3 is 0 Å². The highest BCUT2D eigenvalue weighted by molar-refractivity contribution is 9.10. The third-order valence-corrected chi connectivity index (χ3v) is 1.81. The maximum absolute atomic E-state index is 10.9. The number of hydrazine groups is 1. The Morgan fingerprint density at radius 2 is 2.38 bits per heavy atom. The normalized spacial score (nSPS) is 9.38. The molecule has 0 aliphatic heterocycles. The molecule has 0 atom stereocenters. The molecule has 70 valence electrons. The van der Waals surface area contributed by atoms with Crippen LogP contribution in [0.15, 0.2) is 22.9 Å². The Kier molecular flexibility index (Phi) is 3.70. The van der Waals surface area contributed by atoms with Crippen molar-refractivity contribution in [3.63, 3.8) is 0 Å². The van der Waals surface area contributed by atoms with Crippen LogP contribution in [0.2, 0.25) is 0 Å². The SMILES string of the molecule is CCC(=O)NNc1cncc(Br)c1. The van der Waals surface area contributed by atoms with E-state index in [2.05, 4.69) is 31.8 Å². The van der Waals surface area contributed by atoms with Crippen molar-refractivity contribution in [1.82, 2.24) is 10.4 Å². The fourth-order valence-corrected chi connectivity index (χ4v) is 1.08. The highest BCUT2D eigenvalue weighted by atomic mass is 79.9. The summed E-state index contributed by atoms with van der Waals surface area (Å²) >= 11 is 3.27. The molecular weight excluding hydrogens is 234 g/mol. The van der Waals surface area contributed by atoms with Crippen LogP contribution in [-0.2, 0) is 4.79 Å². The molecule has 4 nitrogen and oxygen atoms in total. The van der Waals surface area contributed by atoms with Crippen molar-refractivity contribution in [2.45, 2.75) is 13.3 Å². The number of rotatable bonds is 3. The predicted octanol–water partition coefficient (Wildman–Crippen LogP) is 1.70. The van der Waals surface area contributed by atoms with Gasteiger partial charge in [-0.3, -0.25) is 20.6 Å². The molecule has 2 N–H and O–H groups in total. The number of halogens is 1. The van der Waals surface area contributed by atoms with Gasteiger partial charge in [0, 0.05) is 17.1 Å². The molecule has 0 saturated heterocycles. The Balaban J connectivity index is 2.50. The number of hydrogen-bond donors (Lipinski definition) is 2. The molecule has 0 spiro atoms. The summed E-state index contributed by atoms with van der Waals surface area (Å²) in [5, 5.41) is 0. The van der Waals surface area contributed by atoms with E-state index in [0.29, 0.717) is 6.42 Å². The van der Waals surface area contributed by atoms with Gasteiger partial charge < -0.3 is 0 Å². The van der Waals surface area contributed by atoms with Gasteiger partial charge in [-0.05, 0) is 22.0 Å². The summed E-state index contributed by atoms with van der Waals surface area (Å²) in [6.45, 7) is 1.79. The van der Waals surface area contributed by atoms with E-state index < -0.39 is 0 Å². The first-order valence-electron chi connectivity index (χ1n) is 3.87. The average molecular weight is 244 g/mol. The maximum atomic E-state index is 10.9. The van der Waals surface area contributed by atoms with Gasteiger partial charge in [0.2, 0.25) is 5.91 Å². The van der Waals surface area contributed by atoms with E-state index in [-0.39, 0.29) is 5.91 Å².